The van der Waals surface area contributed by atoms with Crippen molar-refractivity contribution in [2.45, 2.75) is 11.5 Å². The molecule has 0 saturated carbocycles. The minimum Gasteiger partial charge on any atom is -0.489 e. The maximum Gasteiger partial charge on any atom is 0.119 e. The largest absolute Gasteiger partial charge is 0.489 e. The van der Waals surface area contributed by atoms with Crippen LogP contribution in [0.2, 0.25) is 0 Å². The summed E-state index contributed by atoms with van der Waals surface area (Å²) in [4.78, 5) is 1.22. The third-order valence-electron chi connectivity index (χ3n) is 2.52. The molecule has 0 atom stereocenters. The van der Waals surface area contributed by atoms with Crippen LogP contribution in [-0.2, 0) is 6.61 Å². The van der Waals surface area contributed by atoms with Gasteiger partial charge in [0.1, 0.15) is 12.4 Å². The molecule has 0 bridgehead atoms. The van der Waals surface area contributed by atoms with Crippen molar-refractivity contribution in [3.05, 3.63) is 59.7 Å². The van der Waals surface area contributed by atoms with Crippen molar-refractivity contribution in [1.82, 2.24) is 0 Å². The highest BCUT2D eigenvalue weighted by molar-refractivity contribution is 7.98. The van der Waals surface area contributed by atoms with Crippen molar-refractivity contribution in [2.75, 3.05) is 6.26 Å². The van der Waals surface area contributed by atoms with E-state index in [0.717, 1.165) is 11.3 Å². The van der Waals surface area contributed by atoms with Crippen LogP contribution in [0.1, 0.15) is 11.1 Å². The van der Waals surface area contributed by atoms with Gasteiger partial charge < -0.3 is 4.74 Å². The van der Waals surface area contributed by atoms with Crippen LogP contribution in [-0.4, -0.2) is 6.26 Å². The zero-order chi connectivity index (χ0) is 12.8. The minimum atomic E-state index is 0.480. The molecule has 2 nitrogen and oxygen atoms in total. The first kappa shape index (κ1) is 12.5. The summed E-state index contributed by atoms with van der Waals surface area (Å²) in [5.41, 5.74) is 1.66. The topological polar surface area (TPSA) is 33.0 Å². The van der Waals surface area contributed by atoms with Gasteiger partial charge in [0.15, 0.2) is 0 Å². The average Bonchev–Trinajstić information content (AvgIpc) is 2.46. The number of nitrogens with zero attached hydrogens (tertiary/aromatic N) is 1. The lowest BCUT2D eigenvalue weighted by molar-refractivity contribution is 0.306. The van der Waals surface area contributed by atoms with Crippen LogP contribution in [0.25, 0.3) is 0 Å². The zero-order valence-electron chi connectivity index (χ0n) is 10.1. The molecule has 0 heterocycles. The number of hydrogen-bond acceptors (Lipinski definition) is 3. The lowest BCUT2D eigenvalue weighted by Crippen LogP contribution is -1.95. The van der Waals surface area contributed by atoms with E-state index < -0.39 is 0 Å². The van der Waals surface area contributed by atoms with Gasteiger partial charge in [0, 0.05) is 4.90 Å². The van der Waals surface area contributed by atoms with E-state index in [0.29, 0.717) is 12.2 Å². The fourth-order valence-corrected chi connectivity index (χ4v) is 1.98. The van der Waals surface area contributed by atoms with E-state index in [1.807, 2.05) is 48.7 Å². The van der Waals surface area contributed by atoms with Gasteiger partial charge in [-0.1, -0.05) is 12.1 Å². The summed E-state index contributed by atoms with van der Waals surface area (Å²) >= 11 is 1.71. The van der Waals surface area contributed by atoms with Gasteiger partial charge in [-0.05, 0) is 48.2 Å². The van der Waals surface area contributed by atoms with Gasteiger partial charge in [0.2, 0.25) is 0 Å². The molecule has 3 heteroatoms. The number of nitriles is 1. The van der Waals surface area contributed by atoms with Crippen LogP contribution in [0.4, 0.5) is 0 Å². The maximum atomic E-state index is 8.81. The number of thioether (sulfide) groups is 1. The predicted molar refractivity (Wildman–Crippen MR) is 73.7 cm³/mol. The second-order valence-corrected chi connectivity index (χ2v) is 4.66. The van der Waals surface area contributed by atoms with Gasteiger partial charge in [0.05, 0.1) is 11.6 Å². The highest BCUT2D eigenvalue weighted by Crippen LogP contribution is 2.19. The van der Waals surface area contributed by atoms with E-state index in [9.17, 15) is 0 Å². The molecule has 2 aromatic carbocycles. The molecule has 90 valence electrons. The van der Waals surface area contributed by atoms with Crippen LogP contribution >= 0.6 is 11.8 Å². The number of rotatable bonds is 4. The summed E-state index contributed by atoms with van der Waals surface area (Å²) in [6, 6.07) is 17.6. The van der Waals surface area contributed by atoms with Gasteiger partial charge in [-0.3, -0.25) is 0 Å². The van der Waals surface area contributed by atoms with Gasteiger partial charge >= 0.3 is 0 Å². The molecule has 0 amide bonds. The minimum absolute atomic E-state index is 0.480. The van der Waals surface area contributed by atoms with Gasteiger partial charge in [-0.25, -0.2) is 0 Å². The van der Waals surface area contributed by atoms with Crippen molar-refractivity contribution in [1.29, 1.82) is 5.26 Å². The zero-order valence-corrected chi connectivity index (χ0v) is 10.9. The Morgan fingerprint density at radius 1 is 1.17 bits per heavy atom. The fraction of sp³-hybridized carbons (Fsp3) is 0.133. The molecular formula is C15H13NOS. The Bertz CT molecular complexity index is 557. The molecule has 0 unspecified atom stereocenters. The molecule has 0 fully saturated rings. The molecule has 0 aromatic heterocycles. The summed E-state index contributed by atoms with van der Waals surface area (Å²) in [7, 11) is 0. The van der Waals surface area contributed by atoms with Gasteiger partial charge in [-0.2, -0.15) is 5.26 Å². The normalized spacial score (nSPS) is 9.78. The molecule has 0 aliphatic heterocycles. The Labute approximate surface area is 111 Å². The second-order valence-electron chi connectivity index (χ2n) is 3.78. The monoisotopic (exact) mass is 255 g/mol. The highest BCUT2D eigenvalue weighted by atomic mass is 32.2. The van der Waals surface area contributed by atoms with E-state index in [1.165, 1.54) is 4.90 Å². The molecule has 0 radical (unpaired) electrons. The quantitative estimate of drug-likeness (QED) is 0.778. The summed E-state index contributed by atoms with van der Waals surface area (Å²) in [5.74, 6) is 0.843. The van der Waals surface area contributed by atoms with Crippen LogP contribution in [0.15, 0.2) is 53.4 Å². The molecule has 18 heavy (non-hydrogen) atoms. The lowest BCUT2D eigenvalue weighted by Gasteiger charge is -2.07. The van der Waals surface area contributed by atoms with Crippen molar-refractivity contribution in [3.8, 4) is 11.8 Å². The number of ether oxygens (including phenoxy) is 1. The molecule has 2 rings (SSSR count). The first-order valence-electron chi connectivity index (χ1n) is 5.58. The Morgan fingerprint density at radius 2 is 1.94 bits per heavy atom. The molecule has 0 aliphatic carbocycles. The molecule has 0 aliphatic rings. The van der Waals surface area contributed by atoms with Gasteiger partial charge in [-0.15, -0.1) is 11.8 Å². The summed E-state index contributed by atoms with van der Waals surface area (Å²) in [6.45, 7) is 0.480. The number of benzene rings is 2. The third-order valence-corrected chi connectivity index (χ3v) is 3.26. The SMILES string of the molecule is CSc1ccc(OCc2cccc(C#N)c2)cc1. The van der Waals surface area contributed by atoms with E-state index in [4.69, 9.17) is 10.00 Å². The van der Waals surface area contributed by atoms with E-state index >= 15 is 0 Å². The van der Waals surface area contributed by atoms with Crippen molar-refractivity contribution in [2.24, 2.45) is 0 Å². The fourth-order valence-electron chi connectivity index (χ4n) is 1.57. The molecule has 2 aromatic rings. The van der Waals surface area contributed by atoms with Crippen LogP contribution in [0, 0.1) is 11.3 Å². The van der Waals surface area contributed by atoms with Gasteiger partial charge in [0.25, 0.3) is 0 Å². The predicted octanol–water partition coefficient (Wildman–Crippen LogP) is 3.86. The van der Waals surface area contributed by atoms with Crippen LogP contribution < -0.4 is 4.74 Å². The summed E-state index contributed by atoms with van der Waals surface area (Å²) < 4.78 is 5.67. The van der Waals surface area contributed by atoms with E-state index in [1.54, 1.807) is 17.8 Å². The summed E-state index contributed by atoms with van der Waals surface area (Å²) in [6.07, 6.45) is 2.04. The Hall–Kier alpha value is -1.92. The van der Waals surface area contributed by atoms with E-state index in [2.05, 4.69) is 6.07 Å². The van der Waals surface area contributed by atoms with Crippen molar-refractivity contribution in [3.63, 3.8) is 0 Å². The van der Waals surface area contributed by atoms with Crippen LogP contribution in [0.5, 0.6) is 5.75 Å². The van der Waals surface area contributed by atoms with E-state index in [-0.39, 0.29) is 0 Å². The average molecular weight is 255 g/mol. The molecule has 0 N–H and O–H groups in total. The Morgan fingerprint density at radius 3 is 2.61 bits per heavy atom. The lowest BCUT2D eigenvalue weighted by atomic mass is 10.1. The first-order valence-corrected chi connectivity index (χ1v) is 6.80. The Balaban J connectivity index is 2.00. The summed E-state index contributed by atoms with van der Waals surface area (Å²) in [5, 5.41) is 8.81. The van der Waals surface area contributed by atoms with Crippen molar-refractivity contribution >= 4 is 11.8 Å². The maximum absolute atomic E-state index is 8.81. The number of hydrogen-bond donors (Lipinski definition) is 0. The highest BCUT2D eigenvalue weighted by Gasteiger charge is 1.98. The Kier molecular flexibility index (Phi) is 4.27. The van der Waals surface area contributed by atoms with Crippen LogP contribution in [0.3, 0.4) is 0 Å². The third kappa shape index (κ3) is 3.28. The first-order chi connectivity index (χ1) is 8.81. The van der Waals surface area contributed by atoms with Crippen molar-refractivity contribution < 1.29 is 4.74 Å². The smallest absolute Gasteiger partial charge is 0.119 e. The molecular weight excluding hydrogens is 242 g/mol. The second kappa shape index (κ2) is 6.13. The molecule has 0 saturated heterocycles. The molecule has 0 spiro atoms. The standard InChI is InChI=1S/C15H13NOS/c1-18-15-7-5-14(6-8-15)17-11-13-4-2-3-12(9-13)10-16/h2-9H,11H2,1H3.